The number of nitrogens with one attached hydrogen (secondary N) is 4. The van der Waals surface area contributed by atoms with Crippen LogP contribution in [0.2, 0.25) is 0 Å². The van der Waals surface area contributed by atoms with Crippen molar-refractivity contribution in [3.05, 3.63) is 57.8 Å². The van der Waals surface area contributed by atoms with Crippen molar-refractivity contribution < 1.29 is 13.2 Å². The number of H-pyrrole nitrogens is 1. The molecule has 0 saturated carbocycles. The number of amides is 2. The number of sulfonamides is 1. The first kappa shape index (κ1) is 20.6. The smallest absolute Gasteiger partial charge is 0.315 e. The number of nitrogens with zero attached hydrogens (tertiary/aromatic N) is 1. The van der Waals surface area contributed by atoms with Crippen LogP contribution in [0.5, 0.6) is 0 Å². The zero-order valence-corrected chi connectivity index (χ0v) is 16.2. The molecule has 4 N–H and O–H groups in total. The SMILES string of the molecule is Cc1ncc(CNC(=O)NCc2cccc(S(=O)(=O)NC(C)C)c2)c(=O)[nH]1. The van der Waals surface area contributed by atoms with Gasteiger partial charge in [0, 0.05) is 18.8 Å². The lowest BCUT2D eigenvalue weighted by Crippen LogP contribution is -2.36. The lowest BCUT2D eigenvalue weighted by molar-refractivity contribution is 0.240. The van der Waals surface area contributed by atoms with Crippen LogP contribution in [0.1, 0.15) is 30.8 Å². The molecule has 2 aromatic rings. The highest BCUT2D eigenvalue weighted by Crippen LogP contribution is 2.12. The third kappa shape index (κ3) is 6.19. The Morgan fingerprint density at radius 2 is 1.93 bits per heavy atom. The van der Waals surface area contributed by atoms with Gasteiger partial charge in [-0.25, -0.2) is 22.9 Å². The molecule has 0 aliphatic heterocycles. The molecular formula is C17H23N5O4S. The molecule has 1 aromatic carbocycles. The maximum atomic E-state index is 12.2. The summed E-state index contributed by atoms with van der Waals surface area (Å²) in [7, 11) is -3.60. The Labute approximate surface area is 157 Å². The quantitative estimate of drug-likeness (QED) is 0.551. The summed E-state index contributed by atoms with van der Waals surface area (Å²) in [5, 5.41) is 5.18. The van der Waals surface area contributed by atoms with Crippen molar-refractivity contribution in [2.45, 2.75) is 44.8 Å². The lowest BCUT2D eigenvalue weighted by atomic mass is 10.2. The standard InChI is InChI=1S/C17H23N5O4S/c1-11(2)22-27(25,26)15-6-4-5-13(7-15)8-19-17(24)20-10-14-9-18-12(3)21-16(14)23/h4-7,9,11,22H,8,10H2,1-3H3,(H,18,21,23)(H2,19,20,24). The van der Waals surface area contributed by atoms with Gasteiger partial charge in [0.1, 0.15) is 5.82 Å². The third-order valence-corrected chi connectivity index (χ3v) is 5.15. The van der Waals surface area contributed by atoms with Gasteiger partial charge in [-0.15, -0.1) is 0 Å². The number of rotatable bonds is 7. The van der Waals surface area contributed by atoms with Crippen LogP contribution in [0.3, 0.4) is 0 Å². The summed E-state index contributed by atoms with van der Waals surface area (Å²) in [5.74, 6) is 0.495. The van der Waals surface area contributed by atoms with Gasteiger partial charge in [0.05, 0.1) is 17.0 Å². The molecule has 9 nitrogen and oxygen atoms in total. The van der Waals surface area contributed by atoms with Gasteiger partial charge in [-0.05, 0) is 38.5 Å². The first-order valence-electron chi connectivity index (χ1n) is 8.35. The summed E-state index contributed by atoms with van der Waals surface area (Å²) in [6, 6.07) is 5.61. The van der Waals surface area contributed by atoms with Crippen molar-refractivity contribution in [1.82, 2.24) is 25.3 Å². The summed E-state index contributed by atoms with van der Waals surface area (Å²) in [4.78, 5) is 30.3. The average Bonchev–Trinajstić information content (AvgIpc) is 2.58. The Morgan fingerprint density at radius 1 is 1.22 bits per heavy atom. The molecule has 0 saturated heterocycles. The highest BCUT2D eigenvalue weighted by atomic mass is 32.2. The van der Waals surface area contributed by atoms with Crippen LogP contribution in [0.25, 0.3) is 0 Å². The zero-order chi connectivity index (χ0) is 20.0. The zero-order valence-electron chi connectivity index (χ0n) is 15.4. The summed E-state index contributed by atoms with van der Waals surface area (Å²) in [6.45, 7) is 5.31. The van der Waals surface area contributed by atoms with E-state index < -0.39 is 16.1 Å². The van der Waals surface area contributed by atoms with Gasteiger partial charge >= 0.3 is 6.03 Å². The molecule has 1 heterocycles. The molecular weight excluding hydrogens is 370 g/mol. The number of aromatic nitrogens is 2. The molecule has 0 bridgehead atoms. The van der Waals surface area contributed by atoms with Gasteiger partial charge in [-0.1, -0.05) is 12.1 Å². The molecule has 0 aliphatic carbocycles. The van der Waals surface area contributed by atoms with Gasteiger partial charge < -0.3 is 15.6 Å². The number of carbonyl (C=O) groups is 1. The summed E-state index contributed by atoms with van der Waals surface area (Å²) >= 11 is 0. The van der Waals surface area contributed by atoms with Gasteiger partial charge in [0.25, 0.3) is 5.56 Å². The summed E-state index contributed by atoms with van der Waals surface area (Å²) in [5.41, 5.74) is 0.661. The normalized spacial score (nSPS) is 11.4. The summed E-state index contributed by atoms with van der Waals surface area (Å²) in [6.07, 6.45) is 1.41. The minimum absolute atomic E-state index is 0.0289. The van der Waals surface area contributed by atoms with Crippen molar-refractivity contribution in [2.75, 3.05) is 0 Å². The van der Waals surface area contributed by atoms with Gasteiger partial charge in [0.15, 0.2) is 0 Å². The van der Waals surface area contributed by atoms with E-state index in [0.29, 0.717) is 17.0 Å². The largest absolute Gasteiger partial charge is 0.334 e. The van der Waals surface area contributed by atoms with Crippen LogP contribution in [0.15, 0.2) is 40.2 Å². The second kappa shape index (κ2) is 8.78. The number of hydrogen-bond donors (Lipinski definition) is 4. The van der Waals surface area contributed by atoms with E-state index in [2.05, 4.69) is 25.3 Å². The van der Waals surface area contributed by atoms with E-state index in [0.717, 1.165) is 0 Å². The second-order valence-corrected chi connectivity index (χ2v) is 8.00. The van der Waals surface area contributed by atoms with Crippen molar-refractivity contribution >= 4 is 16.1 Å². The second-order valence-electron chi connectivity index (χ2n) is 6.28. The number of urea groups is 1. The summed E-state index contributed by atoms with van der Waals surface area (Å²) < 4.78 is 26.9. The fraction of sp³-hybridized carbons (Fsp3) is 0.353. The van der Waals surface area contributed by atoms with Gasteiger partial charge in [0.2, 0.25) is 10.0 Å². The Bertz CT molecular complexity index is 969. The van der Waals surface area contributed by atoms with Crippen molar-refractivity contribution in [3.63, 3.8) is 0 Å². The van der Waals surface area contributed by atoms with Crippen LogP contribution >= 0.6 is 0 Å². The van der Waals surface area contributed by atoms with E-state index in [9.17, 15) is 18.0 Å². The number of aryl methyl sites for hydroxylation is 1. The molecule has 0 atom stereocenters. The first-order chi connectivity index (χ1) is 12.7. The van der Waals surface area contributed by atoms with E-state index in [1.165, 1.54) is 18.3 Å². The Balaban J connectivity index is 1.93. The Morgan fingerprint density at radius 3 is 2.59 bits per heavy atom. The lowest BCUT2D eigenvalue weighted by Gasteiger charge is -2.11. The van der Waals surface area contributed by atoms with Gasteiger partial charge in [-0.2, -0.15) is 0 Å². The van der Waals surface area contributed by atoms with Crippen LogP contribution in [0, 0.1) is 6.92 Å². The van der Waals surface area contributed by atoms with E-state index in [1.807, 2.05) is 0 Å². The van der Waals surface area contributed by atoms with Crippen molar-refractivity contribution in [2.24, 2.45) is 0 Å². The third-order valence-electron chi connectivity index (χ3n) is 3.49. The number of benzene rings is 1. The van der Waals surface area contributed by atoms with E-state index in [1.54, 1.807) is 32.9 Å². The number of carbonyl (C=O) groups excluding carboxylic acids is 1. The van der Waals surface area contributed by atoms with Crippen molar-refractivity contribution in [1.29, 1.82) is 0 Å². The maximum Gasteiger partial charge on any atom is 0.315 e. The molecule has 0 radical (unpaired) electrons. The molecule has 0 fully saturated rings. The Kier molecular flexibility index (Phi) is 6.70. The highest BCUT2D eigenvalue weighted by Gasteiger charge is 2.15. The number of hydrogen-bond acceptors (Lipinski definition) is 5. The van der Waals surface area contributed by atoms with E-state index in [4.69, 9.17) is 0 Å². The molecule has 0 aliphatic rings. The fourth-order valence-corrected chi connectivity index (χ4v) is 3.58. The molecule has 10 heteroatoms. The van der Waals surface area contributed by atoms with Gasteiger partial charge in [-0.3, -0.25) is 4.79 Å². The van der Waals surface area contributed by atoms with E-state index in [-0.39, 0.29) is 29.6 Å². The maximum absolute atomic E-state index is 12.2. The molecule has 1 aromatic heterocycles. The molecule has 146 valence electrons. The predicted octanol–water partition coefficient (Wildman–Crippen LogP) is 0.764. The van der Waals surface area contributed by atoms with Crippen LogP contribution in [-0.4, -0.2) is 30.5 Å². The first-order valence-corrected chi connectivity index (χ1v) is 9.83. The topological polar surface area (TPSA) is 133 Å². The molecule has 27 heavy (non-hydrogen) atoms. The predicted molar refractivity (Wildman–Crippen MR) is 101 cm³/mol. The molecule has 2 amide bonds. The average molecular weight is 393 g/mol. The molecule has 2 rings (SSSR count). The van der Waals surface area contributed by atoms with Crippen LogP contribution in [0.4, 0.5) is 4.79 Å². The Hall–Kier alpha value is -2.72. The minimum atomic E-state index is -3.60. The highest BCUT2D eigenvalue weighted by molar-refractivity contribution is 7.89. The van der Waals surface area contributed by atoms with Crippen LogP contribution in [-0.2, 0) is 23.1 Å². The van der Waals surface area contributed by atoms with Crippen molar-refractivity contribution in [3.8, 4) is 0 Å². The fourth-order valence-electron chi connectivity index (χ4n) is 2.26. The minimum Gasteiger partial charge on any atom is -0.334 e. The van der Waals surface area contributed by atoms with E-state index >= 15 is 0 Å². The molecule has 0 spiro atoms. The molecule has 0 unspecified atom stereocenters. The monoisotopic (exact) mass is 393 g/mol. The van der Waals surface area contributed by atoms with Crippen LogP contribution < -0.4 is 20.9 Å². The number of aromatic amines is 1.